The zero-order valence-corrected chi connectivity index (χ0v) is 28.2. The molecular formula is C36H54O11. The molecule has 0 fully saturated rings. The van der Waals surface area contributed by atoms with Crippen LogP contribution < -0.4 is 9.47 Å². The number of rotatable bonds is 32. The predicted octanol–water partition coefficient (Wildman–Crippen LogP) is 4.88. The molecule has 2 aromatic carbocycles. The molecule has 0 N–H and O–H groups in total. The molecule has 0 radical (unpaired) electrons. The lowest BCUT2D eigenvalue weighted by Gasteiger charge is -2.20. The van der Waals surface area contributed by atoms with Crippen LogP contribution in [0.1, 0.15) is 22.8 Å². The third-order valence-corrected chi connectivity index (χ3v) is 6.56. The van der Waals surface area contributed by atoms with Crippen LogP contribution in [-0.4, -0.2) is 127 Å². The second-order valence-corrected chi connectivity index (χ2v) is 9.94. The largest absolute Gasteiger partial charge is 0.491 e. The molecule has 264 valence electrons. The third kappa shape index (κ3) is 19.5. The molecule has 2 aromatic rings. The molecule has 0 saturated carbocycles. The second kappa shape index (κ2) is 28.2. The molecule has 47 heavy (non-hydrogen) atoms. The highest BCUT2D eigenvalue weighted by molar-refractivity contribution is 5.52. The summed E-state index contributed by atoms with van der Waals surface area (Å²) in [5, 5.41) is 0. The van der Waals surface area contributed by atoms with Crippen molar-refractivity contribution in [3.8, 4) is 11.5 Å². The second-order valence-electron chi connectivity index (χ2n) is 9.94. The topological polar surface area (TPSA) is 102 Å². The van der Waals surface area contributed by atoms with E-state index in [0.717, 1.165) is 22.4 Å². The highest BCUT2D eigenvalue weighted by atomic mass is 16.6. The summed E-state index contributed by atoms with van der Waals surface area (Å²) in [5.74, 6) is 1.51. The minimum Gasteiger partial charge on any atom is -0.491 e. The minimum atomic E-state index is -0.324. The Balaban J connectivity index is 1.53. The number of hydrogen-bond donors (Lipinski definition) is 0. The van der Waals surface area contributed by atoms with Crippen LogP contribution in [0.4, 0.5) is 0 Å². The van der Waals surface area contributed by atoms with E-state index in [4.69, 9.17) is 52.1 Å². The number of ether oxygens (including phenoxy) is 11. The van der Waals surface area contributed by atoms with Gasteiger partial charge in [0.05, 0.1) is 99.1 Å². The van der Waals surface area contributed by atoms with Crippen LogP contribution in [-0.2, 0) is 42.6 Å². The van der Waals surface area contributed by atoms with Crippen LogP contribution in [0.25, 0.3) is 12.2 Å². The van der Waals surface area contributed by atoms with Gasteiger partial charge in [-0.3, -0.25) is 0 Å². The van der Waals surface area contributed by atoms with E-state index in [0.29, 0.717) is 118 Å². The first-order valence-corrected chi connectivity index (χ1v) is 16.0. The third-order valence-electron chi connectivity index (χ3n) is 6.56. The fourth-order valence-electron chi connectivity index (χ4n) is 4.03. The molecule has 1 unspecified atom stereocenters. The van der Waals surface area contributed by atoms with Crippen LogP contribution >= 0.6 is 0 Å². The molecule has 0 amide bonds. The van der Waals surface area contributed by atoms with E-state index in [9.17, 15) is 0 Å². The van der Waals surface area contributed by atoms with Crippen LogP contribution in [0.2, 0.25) is 0 Å². The monoisotopic (exact) mass is 662 g/mol. The van der Waals surface area contributed by atoms with Crippen LogP contribution in [0, 0.1) is 0 Å². The van der Waals surface area contributed by atoms with Crippen molar-refractivity contribution in [3.63, 3.8) is 0 Å². The van der Waals surface area contributed by atoms with Gasteiger partial charge in [0.15, 0.2) is 0 Å². The Hall–Kier alpha value is -2.84. The average molecular weight is 663 g/mol. The Morgan fingerprint density at radius 1 is 0.511 bits per heavy atom. The maximum absolute atomic E-state index is 6.03. The fourth-order valence-corrected chi connectivity index (χ4v) is 4.03. The van der Waals surface area contributed by atoms with Gasteiger partial charge in [0.1, 0.15) is 30.8 Å². The molecule has 11 heteroatoms. The van der Waals surface area contributed by atoms with Gasteiger partial charge in [-0.25, -0.2) is 0 Å². The highest BCUT2D eigenvalue weighted by Crippen LogP contribution is 2.29. The van der Waals surface area contributed by atoms with Crippen molar-refractivity contribution >= 4 is 12.2 Å². The van der Waals surface area contributed by atoms with Gasteiger partial charge in [-0.1, -0.05) is 43.5 Å². The molecule has 0 aromatic heterocycles. The van der Waals surface area contributed by atoms with Crippen molar-refractivity contribution in [2.45, 2.75) is 6.10 Å². The molecule has 11 nitrogen and oxygen atoms in total. The Labute approximate surface area is 280 Å². The standard InChI is InChI=1S/C36H54O11/c1-5-31-7-10-33(11-8-31)46-27-25-43-21-20-42-23-24-45-30-36(38-4)34-29-32(6-2)9-12-35(34)47-28-26-44-22-19-41-18-17-40-16-15-39-14-13-37-3/h5-12,29,36H,1-2,13-28,30H2,3-4H3. The van der Waals surface area contributed by atoms with Crippen LogP contribution in [0.3, 0.4) is 0 Å². The number of benzene rings is 2. The fraction of sp³-hybridized carbons (Fsp3) is 0.556. The summed E-state index contributed by atoms with van der Waals surface area (Å²) < 4.78 is 61.4. The van der Waals surface area contributed by atoms with Crippen molar-refractivity contribution < 1.29 is 52.1 Å². The quantitative estimate of drug-likeness (QED) is 0.100. The molecule has 0 saturated heterocycles. The molecule has 2 rings (SSSR count). The van der Waals surface area contributed by atoms with Crippen molar-refractivity contribution in [2.75, 3.05) is 127 Å². The van der Waals surface area contributed by atoms with Gasteiger partial charge < -0.3 is 52.1 Å². The lowest BCUT2D eigenvalue weighted by Crippen LogP contribution is -2.17. The molecular weight excluding hydrogens is 608 g/mol. The molecule has 0 aliphatic rings. The number of methoxy groups -OCH3 is 2. The molecule has 0 spiro atoms. The van der Waals surface area contributed by atoms with Crippen LogP contribution in [0.15, 0.2) is 55.6 Å². The lowest BCUT2D eigenvalue weighted by atomic mass is 10.0. The first-order valence-electron chi connectivity index (χ1n) is 16.0. The summed E-state index contributed by atoms with van der Waals surface area (Å²) in [7, 11) is 3.29. The number of hydrogen-bond acceptors (Lipinski definition) is 11. The van der Waals surface area contributed by atoms with E-state index in [1.807, 2.05) is 42.5 Å². The van der Waals surface area contributed by atoms with Crippen molar-refractivity contribution in [1.29, 1.82) is 0 Å². The summed E-state index contributed by atoms with van der Waals surface area (Å²) >= 11 is 0. The van der Waals surface area contributed by atoms with E-state index in [1.54, 1.807) is 26.4 Å². The normalized spacial score (nSPS) is 11.8. The lowest BCUT2D eigenvalue weighted by molar-refractivity contribution is -0.0250. The first-order chi connectivity index (χ1) is 23.2. The van der Waals surface area contributed by atoms with Crippen molar-refractivity contribution in [3.05, 3.63) is 72.3 Å². The van der Waals surface area contributed by atoms with Gasteiger partial charge in [-0.15, -0.1) is 0 Å². The zero-order chi connectivity index (χ0) is 33.6. The Kier molecular flexibility index (Phi) is 24.2. The summed E-state index contributed by atoms with van der Waals surface area (Å²) in [5.41, 5.74) is 2.90. The molecule has 0 heterocycles. The van der Waals surface area contributed by atoms with Crippen molar-refractivity contribution in [1.82, 2.24) is 0 Å². The van der Waals surface area contributed by atoms with Gasteiger partial charge >= 0.3 is 0 Å². The predicted molar refractivity (Wildman–Crippen MR) is 181 cm³/mol. The first kappa shape index (κ1) is 40.3. The van der Waals surface area contributed by atoms with Crippen molar-refractivity contribution in [2.24, 2.45) is 0 Å². The molecule has 0 bridgehead atoms. The molecule has 0 aliphatic carbocycles. The van der Waals surface area contributed by atoms with Gasteiger partial charge in [0, 0.05) is 19.8 Å². The van der Waals surface area contributed by atoms with Gasteiger partial charge in [0.2, 0.25) is 0 Å². The van der Waals surface area contributed by atoms with Gasteiger partial charge in [0.25, 0.3) is 0 Å². The van der Waals surface area contributed by atoms with Gasteiger partial charge in [-0.05, 0) is 35.4 Å². The highest BCUT2D eigenvalue weighted by Gasteiger charge is 2.17. The van der Waals surface area contributed by atoms with E-state index in [2.05, 4.69) is 13.2 Å². The van der Waals surface area contributed by atoms with Gasteiger partial charge in [-0.2, -0.15) is 0 Å². The maximum atomic E-state index is 6.03. The minimum absolute atomic E-state index is 0.324. The van der Waals surface area contributed by atoms with Crippen LogP contribution in [0.5, 0.6) is 11.5 Å². The Morgan fingerprint density at radius 2 is 0.957 bits per heavy atom. The smallest absolute Gasteiger partial charge is 0.125 e. The average Bonchev–Trinajstić information content (AvgIpc) is 3.11. The molecule has 1 atom stereocenters. The van der Waals surface area contributed by atoms with E-state index < -0.39 is 0 Å². The SMILES string of the molecule is C=Cc1ccc(OCCOCCOCCOCC(OC)c2cc(C=C)ccc2OCCOCCOCCOCCOCCOC)cc1. The molecule has 0 aliphatic heterocycles. The summed E-state index contributed by atoms with van der Waals surface area (Å²) in [6.07, 6.45) is 3.26. The summed E-state index contributed by atoms with van der Waals surface area (Å²) in [4.78, 5) is 0. The summed E-state index contributed by atoms with van der Waals surface area (Å²) in [6.45, 7) is 15.7. The van der Waals surface area contributed by atoms with E-state index >= 15 is 0 Å². The maximum Gasteiger partial charge on any atom is 0.125 e. The Bertz CT molecular complexity index is 1050. The van der Waals surface area contributed by atoms with E-state index in [-0.39, 0.29) is 6.10 Å². The zero-order valence-electron chi connectivity index (χ0n) is 28.2. The summed E-state index contributed by atoms with van der Waals surface area (Å²) in [6, 6.07) is 13.6. The Morgan fingerprint density at radius 3 is 1.45 bits per heavy atom. The van der Waals surface area contributed by atoms with E-state index in [1.165, 1.54) is 0 Å².